The van der Waals surface area contributed by atoms with Gasteiger partial charge in [0.25, 0.3) is 0 Å². The van der Waals surface area contributed by atoms with Gasteiger partial charge < -0.3 is 0 Å². The molecule has 2 rings (SSSR count). The monoisotopic (exact) mass is 328 g/mol. The Morgan fingerprint density at radius 3 is 2.29 bits per heavy atom. The molecule has 5 heteroatoms. The van der Waals surface area contributed by atoms with Gasteiger partial charge >= 0.3 is 0 Å². The fraction of sp³-hybridized carbons (Fsp3) is 0.333. The number of allylic oxidation sites excluding steroid dienone is 1. The highest BCUT2D eigenvalue weighted by Crippen LogP contribution is 2.56. The summed E-state index contributed by atoms with van der Waals surface area (Å²) in [5.74, 6) is -0.237. The molecule has 0 fully saturated rings. The van der Waals surface area contributed by atoms with E-state index in [4.69, 9.17) is 58.0 Å². The number of hydrogen-bond acceptors (Lipinski definition) is 0. The maximum absolute atomic E-state index is 6.25. The minimum atomic E-state index is -1.74. The average Bonchev–Trinajstić information content (AvgIpc) is 2.26. The second-order valence-corrected chi connectivity index (χ2v) is 7.61. The van der Waals surface area contributed by atoms with E-state index in [1.165, 1.54) is 0 Å². The van der Waals surface area contributed by atoms with E-state index in [1.807, 2.05) is 36.4 Å². The molecule has 0 heterocycles. The van der Waals surface area contributed by atoms with Crippen molar-refractivity contribution in [3.63, 3.8) is 0 Å². The van der Waals surface area contributed by atoms with Crippen molar-refractivity contribution in [1.29, 1.82) is 0 Å². The van der Waals surface area contributed by atoms with Crippen molar-refractivity contribution in [1.82, 2.24) is 0 Å². The lowest BCUT2D eigenvalue weighted by atomic mass is 9.85. The van der Waals surface area contributed by atoms with Crippen LogP contribution in [0.2, 0.25) is 0 Å². The number of hydrogen-bond donors (Lipinski definition) is 0. The summed E-state index contributed by atoms with van der Waals surface area (Å²) < 4.78 is -3.20. The molecule has 1 atom stereocenters. The van der Waals surface area contributed by atoms with Gasteiger partial charge in [0.15, 0.2) is 4.33 Å². The van der Waals surface area contributed by atoms with Gasteiger partial charge in [-0.25, -0.2) is 0 Å². The average molecular weight is 330 g/mol. The van der Waals surface area contributed by atoms with E-state index < -0.39 is 8.13 Å². The van der Waals surface area contributed by atoms with Crippen molar-refractivity contribution < 1.29 is 0 Å². The molecule has 0 amide bonds. The van der Waals surface area contributed by atoms with Crippen LogP contribution in [0, 0.1) is 0 Å². The van der Waals surface area contributed by atoms with Crippen LogP contribution in [-0.4, -0.2) is 8.13 Å². The van der Waals surface area contributed by atoms with Gasteiger partial charge in [-0.15, -0.1) is 0 Å². The van der Waals surface area contributed by atoms with Crippen LogP contribution in [0.4, 0.5) is 0 Å². The third-order valence-electron chi connectivity index (χ3n) is 2.86. The maximum atomic E-state index is 6.25. The topological polar surface area (TPSA) is 0 Å². The Labute approximate surface area is 125 Å². The molecule has 0 nitrogen and oxygen atoms in total. The molecule has 17 heavy (non-hydrogen) atoms. The predicted molar refractivity (Wildman–Crippen MR) is 77.6 cm³/mol. The molecule has 1 aromatic carbocycles. The first kappa shape index (κ1) is 13.8. The van der Waals surface area contributed by atoms with Gasteiger partial charge in [-0.2, -0.15) is 0 Å². The zero-order valence-electron chi connectivity index (χ0n) is 8.64. The standard InChI is InChI=1S/C12H9Cl5/c13-11(14,12(15,16)17)10-7-3-5-8-4-1-2-6-9(8)10/h1-6,10H,7H2. The molecular formula is C12H9Cl5. The first-order chi connectivity index (χ1) is 7.84. The van der Waals surface area contributed by atoms with Gasteiger partial charge in [0.1, 0.15) is 0 Å². The number of halogens is 5. The highest BCUT2D eigenvalue weighted by molar-refractivity contribution is 6.75. The second kappa shape index (κ2) is 4.83. The molecule has 0 saturated carbocycles. The quantitative estimate of drug-likeness (QED) is 0.577. The summed E-state index contributed by atoms with van der Waals surface area (Å²) >= 11 is 30.1. The predicted octanol–water partition coefficient (Wildman–Crippen LogP) is 5.73. The molecule has 1 aromatic rings. The van der Waals surface area contributed by atoms with Gasteiger partial charge in [-0.3, -0.25) is 0 Å². The number of rotatable bonds is 1. The van der Waals surface area contributed by atoms with Crippen LogP contribution in [-0.2, 0) is 0 Å². The van der Waals surface area contributed by atoms with E-state index in [0.717, 1.165) is 11.1 Å². The highest BCUT2D eigenvalue weighted by atomic mass is 35.6. The Morgan fingerprint density at radius 2 is 1.65 bits per heavy atom. The smallest absolute Gasteiger partial charge is 0.0962 e. The Hall–Kier alpha value is 0.410. The van der Waals surface area contributed by atoms with Crippen molar-refractivity contribution in [2.45, 2.75) is 20.5 Å². The van der Waals surface area contributed by atoms with Gasteiger partial charge in [0.05, 0.1) is 0 Å². The molecule has 0 N–H and O–H groups in total. The van der Waals surface area contributed by atoms with E-state index in [2.05, 4.69) is 0 Å². The van der Waals surface area contributed by atoms with E-state index in [9.17, 15) is 0 Å². The highest BCUT2D eigenvalue weighted by Gasteiger charge is 2.52. The normalized spacial score (nSPS) is 20.2. The molecule has 0 aromatic heterocycles. The lowest BCUT2D eigenvalue weighted by molar-refractivity contribution is 0.599. The number of alkyl halides is 5. The van der Waals surface area contributed by atoms with Crippen LogP contribution in [0.5, 0.6) is 0 Å². The summed E-state index contributed by atoms with van der Waals surface area (Å²) in [5, 5.41) is 0. The summed E-state index contributed by atoms with van der Waals surface area (Å²) in [6, 6.07) is 7.82. The number of fused-ring (bicyclic) bond motifs is 1. The van der Waals surface area contributed by atoms with Crippen LogP contribution in [0.3, 0.4) is 0 Å². The molecule has 0 aliphatic heterocycles. The first-order valence-electron chi connectivity index (χ1n) is 5.04. The van der Waals surface area contributed by atoms with E-state index in [0.29, 0.717) is 6.42 Å². The third kappa shape index (κ3) is 2.57. The SMILES string of the molecule is ClC(Cl)(Cl)C(Cl)(Cl)C1CC=Cc2ccccc21. The lowest BCUT2D eigenvalue weighted by Gasteiger charge is -2.37. The van der Waals surface area contributed by atoms with Crippen LogP contribution >= 0.6 is 58.0 Å². The van der Waals surface area contributed by atoms with Crippen LogP contribution in [0.15, 0.2) is 30.3 Å². The number of benzene rings is 1. The van der Waals surface area contributed by atoms with Crippen molar-refractivity contribution in [3.05, 3.63) is 41.5 Å². The minimum absolute atomic E-state index is 0.237. The van der Waals surface area contributed by atoms with Gasteiger partial charge in [0.2, 0.25) is 3.79 Å². The third-order valence-corrected chi connectivity index (χ3v) is 5.42. The molecule has 0 spiro atoms. The lowest BCUT2D eigenvalue weighted by Crippen LogP contribution is -2.38. The maximum Gasteiger partial charge on any atom is 0.223 e. The fourth-order valence-corrected chi connectivity index (χ4v) is 2.79. The second-order valence-electron chi connectivity index (χ2n) is 3.94. The van der Waals surface area contributed by atoms with Gasteiger partial charge in [-0.05, 0) is 17.5 Å². The Morgan fingerprint density at radius 1 is 1.00 bits per heavy atom. The minimum Gasteiger partial charge on any atom is -0.0962 e. The van der Waals surface area contributed by atoms with Gasteiger partial charge in [0, 0.05) is 5.92 Å². The Kier molecular flexibility index (Phi) is 3.93. The van der Waals surface area contributed by atoms with Crippen LogP contribution in [0.25, 0.3) is 6.08 Å². The summed E-state index contributed by atoms with van der Waals surface area (Å²) in [4.78, 5) is 0. The Balaban J connectivity index is 2.46. The van der Waals surface area contributed by atoms with Crippen molar-refractivity contribution in [2.24, 2.45) is 0 Å². The van der Waals surface area contributed by atoms with Crippen molar-refractivity contribution >= 4 is 64.1 Å². The Bertz CT molecular complexity index is 444. The van der Waals surface area contributed by atoms with E-state index in [-0.39, 0.29) is 5.92 Å². The largest absolute Gasteiger partial charge is 0.223 e. The van der Waals surface area contributed by atoms with Crippen molar-refractivity contribution in [2.75, 3.05) is 0 Å². The molecular weight excluding hydrogens is 321 g/mol. The molecule has 0 bridgehead atoms. The molecule has 0 saturated heterocycles. The van der Waals surface area contributed by atoms with Crippen LogP contribution < -0.4 is 0 Å². The first-order valence-corrected chi connectivity index (χ1v) is 6.93. The molecule has 1 unspecified atom stereocenters. The molecule has 1 aliphatic rings. The summed E-state index contributed by atoms with van der Waals surface area (Å²) in [6.07, 6.45) is 4.66. The molecule has 92 valence electrons. The fourth-order valence-electron chi connectivity index (χ4n) is 1.98. The summed E-state index contributed by atoms with van der Waals surface area (Å²) in [7, 11) is 0. The summed E-state index contributed by atoms with van der Waals surface area (Å²) in [6.45, 7) is 0. The van der Waals surface area contributed by atoms with Gasteiger partial charge in [-0.1, -0.05) is 94.4 Å². The van der Waals surface area contributed by atoms with Crippen LogP contribution in [0.1, 0.15) is 23.5 Å². The van der Waals surface area contributed by atoms with E-state index in [1.54, 1.807) is 0 Å². The summed E-state index contributed by atoms with van der Waals surface area (Å²) in [5.41, 5.74) is 2.06. The van der Waals surface area contributed by atoms with Crippen molar-refractivity contribution in [3.8, 4) is 0 Å². The van der Waals surface area contributed by atoms with E-state index >= 15 is 0 Å². The zero-order valence-corrected chi connectivity index (χ0v) is 12.4. The molecule has 0 radical (unpaired) electrons. The molecule has 1 aliphatic carbocycles. The zero-order chi connectivity index (χ0) is 12.7.